The van der Waals surface area contributed by atoms with Gasteiger partial charge in [-0.15, -0.1) is 0 Å². The van der Waals surface area contributed by atoms with Crippen LogP contribution in [0.25, 0.3) is 0 Å². The number of methoxy groups -OCH3 is 3. The average molecular weight is 868 g/mol. The highest BCUT2D eigenvalue weighted by molar-refractivity contribution is 5.91. The largest absolute Gasteiger partial charge is 0.512 e. The normalized spacial score (nSPS) is 39.5. The van der Waals surface area contributed by atoms with Gasteiger partial charge in [-0.1, -0.05) is 44.6 Å². The number of carbonyl (C=O) groups excluding carboxylic acids is 4. The molecule has 346 valence electrons. The van der Waals surface area contributed by atoms with E-state index in [9.17, 15) is 34.5 Å². The Morgan fingerprint density at radius 2 is 1.57 bits per heavy atom. The van der Waals surface area contributed by atoms with Gasteiger partial charge in [0.1, 0.15) is 30.2 Å². The first-order chi connectivity index (χ1) is 28.8. The summed E-state index contributed by atoms with van der Waals surface area (Å²) in [5.41, 5.74) is 0.669. The van der Waals surface area contributed by atoms with E-state index >= 15 is 0 Å². The molecule has 3 N–H and O–H groups in total. The number of cyclic esters (lactones) is 1. The lowest BCUT2D eigenvalue weighted by Crippen LogP contribution is -2.63. The minimum absolute atomic E-state index is 0.0409. The van der Waals surface area contributed by atoms with E-state index in [-0.39, 0.29) is 25.2 Å². The maximum absolute atomic E-state index is 13.8. The number of hydrogen-bond donors (Lipinski definition) is 3. The maximum Gasteiger partial charge on any atom is 0.334 e. The van der Waals surface area contributed by atoms with E-state index in [0.29, 0.717) is 12.0 Å². The summed E-state index contributed by atoms with van der Waals surface area (Å²) in [4.78, 5) is 53.1. The number of esters is 3. The van der Waals surface area contributed by atoms with Gasteiger partial charge in [-0.05, 0) is 66.1 Å². The summed E-state index contributed by atoms with van der Waals surface area (Å²) in [6.45, 7) is 11.6. The van der Waals surface area contributed by atoms with Gasteiger partial charge in [0.25, 0.3) is 0 Å². The number of ether oxygens (including phenoxy) is 9. The van der Waals surface area contributed by atoms with Crippen LogP contribution in [-0.4, -0.2) is 159 Å². The molecule has 0 amide bonds. The summed E-state index contributed by atoms with van der Waals surface area (Å²) in [7, 11) is 7.59. The van der Waals surface area contributed by atoms with Gasteiger partial charge < -0.3 is 62.9 Å². The van der Waals surface area contributed by atoms with E-state index in [2.05, 4.69) is 0 Å². The number of hydrogen-bond acceptors (Lipinski definition) is 17. The van der Waals surface area contributed by atoms with E-state index in [1.807, 2.05) is 13.0 Å². The Balaban J connectivity index is 2.06. The van der Waals surface area contributed by atoms with Crippen molar-refractivity contribution in [3.63, 3.8) is 0 Å². The molecule has 0 saturated carbocycles. The van der Waals surface area contributed by atoms with Crippen LogP contribution in [0.2, 0.25) is 0 Å². The number of ketones is 1. The molecule has 2 fully saturated rings. The second-order valence-corrected chi connectivity index (χ2v) is 16.4. The Kier molecular flexibility index (Phi) is 20.7. The van der Waals surface area contributed by atoms with Gasteiger partial charge in [0.05, 0.1) is 50.3 Å². The molecule has 2 saturated heterocycles. The number of carbonyl (C=O) groups is 4. The smallest absolute Gasteiger partial charge is 0.334 e. The quantitative estimate of drug-likeness (QED) is 0.137. The molecule has 17 heteroatoms. The van der Waals surface area contributed by atoms with Gasteiger partial charge in [0.2, 0.25) is 0 Å². The van der Waals surface area contributed by atoms with E-state index in [1.54, 1.807) is 65.8 Å². The van der Waals surface area contributed by atoms with Gasteiger partial charge in [-0.3, -0.25) is 9.59 Å². The Hall–Kier alpha value is -3.52. The molecule has 0 unspecified atom stereocenters. The molecule has 0 aromatic carbocycles. The minimum Gasteiger partial charge on any atom is -0.512 e. The molecule has 3 aliphatic heterocycles. The highest BCUT2D eigenvalue weighted by Gasteiger charge is 2.49. The third kappa shape index (κ3) is 14.2. The van der Waals surface area contributed by atoms with Crippen LogP contribution in [0.15, 0.2) is 47.8 Å². The van der Waals surface area contributed by atoms with Crippen LogP contribution in [0.3, 0.4) is 0 Å². The first kappa shape index (κ1) is 51.8. The van der Waals surface area contributed by atoms with Crippen molar-refractivity contribution in [2.24, 2.45) is 23.7 Å². The van der Waals surface area contributed by atoms with Crippen molar-refractivity contribution < 1.29 is 77.1 Å². The van der Waals surface area contributed by atoms with Crippen molar-refractivity contribution in [2.75, 3.05) is 42.0 Å². The van der Waals surface area contributed by atoms with Crippen LogP contribution < -0.4 is 0 Å². The van der Waals surface area contributed by atoms with E-state index < -0.39 is 121 Å². The van der Waals surface area contributed by atoms with Gasteiger partial charge in [0.15, 0.2) is 24.5 Å². The number of allylic oxidation sites excluding steroid dienone is 4. The van der Waals surface area contributed by atoms with Crippen LogP contribution in [0.4, 0.5) is 0 Å². The van der Waals surface area contributed by atoms with E-state index in [0.717, 1.165) is 6.08 Å². The monoisotopic (exact) mass is 867 g/mol. The predicted octanol–water partition coefficient (Wildman–Crippen LogP) is 3.35. The Labute approximate surface area is 359 Å². The van der Waals surface area contributed by atoms with Gasteiger partial charge in [-0.2, -0.15) is 0 Å². The van der Waals surface area contributed by atoms with Gasteiger partial charge in [0, 0.05) is 45.0 Å². The molecule has 3 aliphatic rings. The standard InChI is InChI=1S/C44H69NO16/c1-13-33-30(22-56-44-42(55-12)41(54-11)40(27(6)58-44)59-28(7)46)19-23(2)17-18-31(47)24(3)20-29(15-14-16-34(49)53-10)39(25(4)32(48)21-35(50)60-33)61-43-38(52)36(45(8)9)37(51)26(5)57-43/h14,16-19,21,24-27,29-30,33,36-44,48,51-52H,13,15,20,22H2,1-12H3/b16-14+,18-17+,23-19+,32-21+/t24-,25+,26+,27-,29+,30-,33-,36-,37+,38+,39-,40-,41-,42-,43-,44-/m1/s1. The van der Waals surface area contributed by atoms with E-state index in [1.165, 1.54) is 40.4 Å². The molecule has 0 bridgehead atoms. The number of aliphatic hydroxyl groups excluding tert-OH is 3. The molecular weight excluding hydrogens is 798 g/mol. The first-order valence-corrected chi connectivity index (χ1v) is 20.9. The molecule has 17 nitrogen and oxygen atoms in total. The summed E-state index contributed by atoms with van der Waals surface area (Å²) in [6.07, 6.45) is -0.688. The SMILES string of the molecule is CC[C@H]1OC(=O)/C=C(/O)[C@H](C)[C@@H](O[C@H]2O[C@@H](C)[C@H](O)[C@@H](N(C)C)[C@@H]2O)[C@@H](C/C=C/C(=O)OC)C[C@@H](C)C(=O)/C=C/C(C)=C/[C@@H]1CO[C@@H]1O[C@H](C)[C@@H](OC(C)=O)[C@@H](OC)[C@H]1OC. The zero-order chi connectivity index (χ0) is 45.7. The molecule has 0 aliphatic carbocycles. The first-order valence-electron chi connectivity index (χ1n) is 20.9. The van der Waals surface area contributed by atoms with Gasteiger partial charge >= 0.3 is 17.9 Å². The van der Waals surface area contributed by atoms with Crippen molar-refractivity contribution in [3.8, 4) is 0 Å². The van der Waals surface area contributed by atoms with Crippen LogP contribution >= 0.6 is 0 Å². The fourth-order valence-corrected chi connectivity index (χ4v) is 8.17. The molecule has 0 spiro atoms. The molecule has 61 heavy (non-hydrogen) atoms. The molecule has 0 radical (unpaired) electrons. The van der Waals surface area contributed by atoms with Crippen LogP contribution in [0.5, 0.6) is 0 Å². The number of nitrogens with zero attached hydrogens (tertiary/aromatic N) is 1. The Morgan fingerprint density at radius 3 is 2.16 bits per heavy atom. The molecule has 16 atom stereocenters. The fraction of sp³-hybridized carbons (Fsp3) is 0.727. The second kappa shape index (κ2) is 24.4. The summed E-state index contributed by atoms with van der Waals surface area (Å²) in [5.74, 6) is -5.30. The lowest BCUT2D eigenvalue weighted by atomic mass is 9.81. The van der Waals surface area contributed by atoms with Crippen molar-refractivity contribution in [3.05, 3.63) is 47.8 Å². The molecule has 3 rings (SSSR count). The summed E-state index contributed by atoms with van der Waals surface area (Å²) >= 11 is 0. The minimum atomic E-state index is -1.34. The number of rotatable bonds is 13. The third-order valence-electron chi connectivity index (χ3n) is 11.6. The fourth-order valence-electron chi connectivity index (χ4n) is 8.17. The second-order valence-electron chi connectivity index (χ2n) is 16.4. The number of likely N-dealkylation sites (N-methyl/N-ethyl adjacent to an activating group) is 1. The lowest BCUT2D eigenvalue weighted by Gasteiger charge is -2.46. The zero-order valence-electron chi connectivity index (χ0n) is 37.6. The molecule has 0 aromatic heterocycles. The van der Waals surface area contributed by atoms with Crippen LogP contribution in [-0.2, 0) is 61.8 Å². The van der Waals surface area contributed by atoms with Crippen molar-refractivity contribution >= 4 is 23.7 Å². The Morgan fingerprint density at radius 1 is 0.918 bits per heavy atom. The maximum atomic E-state index is 13.8. The van der Waals surface area contributed by atoms with Crippen molar-refractivity contribution in [1.29, 1.82) is 0 Å². The predicted molar refractivity (Wildman–Crippen MR) is 221 cm³/mol. The summed E-state index contributed by atoms with van der Waals surface area (Å²) < 4.78 is 52.6. The lowest BCUT2D eigenvalue weighted by molar-refractivity contribution is -0.306. The molecule has 0 aromatic rings. The highest BCUT2D eigenvalue weighted by Crippen LogP contribution is 2.35. The topological polar surface area (TPSA) is 215 Å². The van der Waals surface area contributed by atoms with Crippen LogP contribution in [0.1, 0.15) is 67.7 Å². The zero-order valence-corrected chi connectivity index (χ0v) is 37.6. The van der Waals surface area contributed by atoms with Crippen molar-refractivity contribution in [1.82, 2.24) is 4.90 Å². The van der Waals surface area contributed by atoms with Crippen molar-refractivity contribution in [2.45, 2.75) is 141 Å². The molecular formula is C44H69NO16. The number of aliphatic hydroxyl groups is 3. The Bertz CT molecular complexity index is 1580. The van der Waals surface area contributed by atoms with Gasteiger partial charge in [-0.25, -0.2) is 9.59 Å². The summed E-state index contributed by atoms with van der Waals surface area (Å²) in [5, 5.41) is 34.0. The summed E-state index contributed by atoms with van der Waals surface area (Å²) in [6, 6.07) is -0.774. The van der Waals surface area contributed by atoms with E-state index in [4.69, 9.17) is 42.6 Å². The molecule has 3 heterocycles. The average Bonchev–Trinajstić information content (AvgIpc) is 3.20. The highest BCUT2D eigenvalue weighted by atomic mass is 16.7. The van der Waals surface area contributed by atoms with Crippen LogP contribution in [0, 0.1) is 23.7 Å². The third-order valence-corrected chi connectivity index (χ3v) is 11.6.